The molecule has 0 spiro atoms. The van der Waals surface area contributed by atoms with E-state index in [9.17, 15) is 0 Å². The Labute approximate surface area is 92.1 Å². The Morgan fingerprint density at radius 2 is 2.13 bits per heavy atom. The molecular weight excluding hydrogens is 184 g/mol. The van der Waals surface area contributed by atoms with Crippen molar-refractivity contribution in [2.24, 2.45) is 0 Å². The van der Waals surface area contributed by atoms with Crippen molar-refractivity contribution in [2.45, 2.75) is 51.5 Å². The number of anilines is 1. The summed E-state index contributed by atoms with van der Waals surface area (Å²) in [7, 11) is 0. The predicted molar refractivity (Wildman–Crippen MR) is 64.1 cm³/mol. The first-order valence-electron chi connectivity index (χ1n) is 6.10. The summed E-state index contributed by atoms with van der Waals surface area (Å²) in [6, 6.07) is 4.84. The monoisotopic (exact) mass is 204 g/mol. The molecule has 0 aromatic carbocycles. The minimum absolute atomic E-state index is 0.652. The Morgan fingerprint density at radius 3 is 2.87 bits per heavy atom. The molecule has 1 fully saturated rings. The maximum Gasteiger partial charge on any atom is 0.129 e. The van der Waals surface area contributed by atoms with Gasteiger partial charge in [0.1, 0.15) is 5.82 Å². The van der Waals surface area contributed by atoms with Gasteiger partial charge in [-0.15, -0.1) is 0 Å². The van der Waals surface area contributed by atoms with Crippen molar-refractivity contribution >= 4 is 5.82 Å². The Balaban J connectivity index is 2.02. The molecule has 1 heterocycles. The summed E-state index contributed by atoms with van der Waals surface area (Å²) in [5, 5.41) is 3.59. The van der Waals surface area contributed by atoms with E-state index >= 15 is 0 Å². The lowest BCUT2D eigenvalue weighted by Gasteiger charge is -2.24. The largest absolute Gasteiger partial charge is 0.367 e. The van der Waals surface area contributed by atoms with E-state index in [1.165, 1.54) is 37.7 Å². The zero-order valence-electron chi connectivity index (χ0n) is 9.50. The Kier molecular flexibility index (Phi) is 3.59. The predicted octanol–water partition coefficient (Wildman–Crippen LogP) is 3.39. The molecule has 1 saturated carbocycles. The fourth-order valence-corrected chi connectivity index (χ4v) is 2.29. The van der Waals surface area contributed by atoms with Crippen LogP contribution in [0.2, 0.25) is 0 Å². The average Bonchev–Trinajstić information content (AvgIpc) is 2.31. The number of rotatable bonds is 3. The normalized spacial score (nSPS) is 17.7. The molecule has 82 valence electrons. The summed E-state index contributed by atoms with van der Waals surface area (Å²) in [6.07, 6.45) is 9.69. The molecule has 1 N–H and O–H groups in total. The molecule has 0 saturated heterocycles. The second-order valence-electron chi connectivity index (χ2n) is 4.34. The molecule has 1 aromatic heterocycles. The van der Waals surface area contributed by atoms with Crippen LogP contribution < -0.4 is 5.32 Å². The van der Waals surface area contributed by atoms with Gasteiger partial charge in [-0.25, -0.2) is 4.98 Å². The molecule has 0 unspecified atom stereocenters. The molecule has 2 rings (SSSR count). The second kappa shape index (κ2) is 5.15. The second-order valence-corrected chi connectivity index (χ2v) is 4.34. The van der Waals surface area contributed by atoms with Gasteiger partial charge < -0.3 is 5.32 Å². The van der Waals surface area contributed by atoms with Gasteiger partial charge in [0, 0.05) is 12.2 Å². The van der Waals surface area contributed by atoms with Gasteiger partial charge in [0.2, 0.25) is 0 Å². The number of hydrogen-bond acceptors (Lipinski definition) is 2. The summed E-state index contributed by atoms with van der Waals surface area (Å²) in [6.45, 7) is 2.18. The van der Waals surface area contributed by atoms with Crippen LogP contribution in [0, 0.1) is 0 Å². The highest BCUT2D eigenvalue weighted by atomic mass is 15.0. The van der Waals surface area contributed by atoms with Crippen molar-refractivity contribution < 1.29 is 0 Å². The van der Waals surface area contributed by atoms with Crippen molar-refractivity contribution in [1.82, 2.24) is 4.98 Å². The maximum atomic E-state index is 4.43. The first-order valence-corrected chi connectivity index (χ1v) is 6.10. The lowest BCUT2D eigenvalue weighted by molar-refractivity contribution is 0.461. The van der Waals surface area contributed by atoms with Crippen LogP contribution in [-0.4, -0.2) is 11.0 Å². The standard InChI is InChI=1S/C13H20N2/c1-2-11-7-6-10-14-13(11)15-12-8-4-3-5-9-12/h6-7,10,12H,2-5,8-9H2,1H3,(H,14,15). The van der Waals surface area contributed by atoms with Crippen molar-refractivity contribution in [1.29, 1.82) is 0 Å². The van der Waals surface area contributed by atoms with E-state index in [1.54, 1.807) is 0 Å². The third-order valence-corrected chi connectivity index (χ3v) is 3.22. The van der Waals surface area contributed by atoms with E-state index in [2.05, 4.69) is 23.3 Å². The lowest BCUT2D eigenvalue weighted by Crippen LogP contribution is -2.23. The molecule has 15 heavy (non-hydrogen) atoms. The first kappa shape index (κ1) is 10.5. The maximum absolute atomic E-state index is 4.43. The highest BCUT2D eigenvalue weighted by molar-refractivity contribution is 5.44. The minimum Gasteiger partial charge on any atom is -0.367 e. The molecular formula is C13H20N2. The number of pyridine rings is 1. The van der Waals surface area contributed by atoms with Gasteiger partial charge in [-0.2, -0.15) is 0 Å². The van der Waals surface area contributed by atoms with Crippen molar-refractivity contribution in [3.8, 4) is 0 Å². The molecule has 0 aliphatic heterocycles. The number of aromatic nitrogens is 1. The van der Waals surface area contributed by atoms with Crippen molar-refractivity contribution in [3.63, 3.8) is 0 Å². The molecule has 1 aliphatic rings. The van der Waals surface area contributed by atoms with Crippen LogP contribution in [0.25, 0.3) is 0 Å². The molecule has 1 aromatic rings. The zero-order valence-corrected chi connectivity index (χ0v) is 9.50. The smallest absolute Gasteiger partial charge is 0.129 e. The third kappa shape index (κ3) is 2.71. The Hall–Kier alpha value is -1.05. The summed E-state index contributed by atoms with van der Waals surface area (Å²) >= 11 is 0. The van der Waals surface area contributed by atoms with Crippen LogP contribution in [0.5, 0.6) is 0 Å². The first-order chi connectivity index (χ1) is 7.40. The summed E-state index contributed by atoms with van der Waals surface area (Å²) in [5.74, 6) is 1.10. The molecule has 0 radical (unpaired) electrons. The van der Waals surface area contributed by atoms with Crippen LogP contribution in [-0.2, 0) is 6.42 Å². The van der Waals surface area contributed by atoms with Crippen molar-refractivity contribution in [3.05, 3.63) is 23.9 Å². The number of nitrogens with one attached hydrogen (secondary N) is 1. The van der Waals surface area contributed by atoms with Gasteiger partial charge in [-0.3, -0.25) is 0 Å². The van der Waals surface area contributed by atoms with Crippen LogP contribution in [0.1, 0.15) is 44.6 Å². The molecule has 1 aliphatic carbocycles. The fraction of sp³-hybridized carbons (Fsp3) is 0.615. The van der Waals surface area contributed by atoms with Crippen LogP contribution in [0.4, 0.5) is 5.82 Å². The van der Waals surface area contributed by atoms with Crippen LogP contribution in [0.3, 0.4) is 0 Å². The highest BCUT2D eigenvalue weighted by Crippen LogP contribution is 2.22. The lowest BCUT2D eigenvalue weighted by atomic mass is 9.95. The summed E-state index contributed by atoms with van der Waals surface area (Å²) in [4.78, 5) is 4.43. The molecule has 2 heteroatoms. The number of nitrogens with zero attached hydrogens (tertiary/aromatic N) is 1. The zero-order chi connectivity index (χ0) is 10.5. The number of aryl methyl sites for hydroxylation is 1. The topological polar surface area (TPSA) is 24.9 Å². The fourth-order valence-electron chi connectivity index (χ4n) is 2.29. The van der Waals surface area contributed by atoms with Gasteiger partial charge in [0.05, 0.1) is 0 Å². The van der Waals surface area contributed by atoms with E-state index in [4.69, 9.17) is 0 Å². The van der Waals surface area contributed by atoms with Crippen LogP contribution >= 0.6 is 0 Å². The molecule has 0 amide bonds. The van der Waals surface area contributed by atoms with Gasteiger partial charge in [-0.05, 0) is 30.9 Å². The van der Waals surface area contributed by atoms with Gasteiger partial charge in [0.15, 0.2) is 0 Å². The summed E-state index contributed by atoms with van der Waals surface area (Å²) < 4.78 is 0. The van der Waals surface area contributed by atoms with Crippen LogP contribution in [0.15, 0.2) is 18.3 Å². The molecule has 2 nitrogen and oxygen atoms in total. The third-order valence-electron chi connectivity index (χ3n) is 3.22. The van der Waals surface area contributed by atoms with Gasteiger partial charge in [-0.1, -0.05) is 32.3 Å². The van der Waals surface area contributed by atoms with Gasteiger partial charge in [0.25, 0.3) is 0 Å². The Morgan fingerprint density at radius 1 is 1.33 bits per heavy atom. The Bertz CT molecular complexity index is 303. The van der Waals surface area contributed by atoms with E-state index in [-0.39, 0.29) is 0 Å². The van der Waals surface area contributed by atoms with Gasteiger partial charge >= 0.3 is 0 Å². The van der Waals surface area contributed by atoms with E-state index < -0.39 is 0 Å². The minimum atomic E-state index is 0.652. The van der Waals surface area contributed by atoms with E-state index in [1.807, 2.05) is 12.3 Å². The summed E-state index contributed by atoms with van der Waals surface area (Å²) in [5.41, 5.74) is 1.34. The highest BCUT2D eigenvalue weighted by Gasteiger charge is 2.14. The quantitative estimate of drug-likeness (QED) is 0.816. The van der Waals surface area contributed by atoms with E-state index in [0.717, 1.165) is 12.2 Å². The molecule has 0 bridgehead atoms. The van der Waals surface area contributed by atoms with E-state index in [0.29, 0.717) is 6.04 Å². The number of hydrogen-bond donors (Lipinski definition) is 1. The average molecular weight is 204 g/mol. The van der Waals surface area contributed by atoms with Crippen molar-refractivity contribution in [2.75, 3.05) is 5.32 Å². The molecule has 0 atom stereocenters. The SMILES string of the molecule is CCc1cccnc1NC1CCCCC1.